The molecule has 0 spiro atoms. The summed E-state index contributed by atoms with van der Waals surface area (Å²) in [4.78, 5) is 0. The molecule has 0 aliphatic carbocycles. The molecule has 0 bridgehead atoms. The van der Waals surface area contributed by atoms with Gasteiger partial charge in [-0.25, -0.2) is 0 Å². The summed E-state index contributed by atoms with van der Waals surface area (Å²) >= 11 is 0. The standard InChI is InChI=1S/C11H20N2O2/c12-6-2-1-3-7-13-10-11(14)4-8-15-9-5-11/h13-14H,1-5,7-10H2. The minimum atomic E-state index is -0.576. The molecule has 1 rings (SSSR count). The van der Waals surface area contributed by atoms with E-state index >= 15 is 0 Å². The summed E-state index contributed by atoms with van der Waals surface area (Å²) in [6.07, 6.45) is 4.00. The van der Waals surface area contributed by atoms with Crippen molar-refractivity contribution in [3.8, 4) is 6.07 Å². The van der Waals surface area contributed by atoms with E-state index in [1.807, 2.05) is 0 Å². The van der Waals surface area contributed by atoms with E-state index in [2.05, 4.69) is 11.4 Å². The van der Waals surface area contributed by atoms with Gasteiger partial charge in [0.2, 0.25) is 0 Å². The third-order valence-electron chi connectivity index (χ3n) is 2.77. The molecule has 0 atom stereocenters. The lowest BCUT2D eigenvalue weighted by Gasteiger charge is -2.32. The van der Waals surface area contributed by atoms with Crippen LogP contribution in [0.2, 0.25) is 0 Å². The van der Waals surface area contributed by atoms with E-state index in [1.54, 1.807) is 0 Å². The number of aliphatic hydroxyl groups is 1. The van der Waals surface area contributed by atoms with Crippen LogP contribution in [0.5, 0.6) is 0 Å². The van der Waals surface area contributed by atoms with Gasteiger partial charge in [-0.1, -0.05) is 0 Å². The van der Waals surface area contributed by atoms with Crippen LogP contribution in [-0.4, -0.2) is 37.0 Å². The van der Waals surface area contributed by atoms with Crippen LogP contribution in [0.3, 0.4) is 0 Å². The smallest absolute Gasteiger partial charge is 0.0815 e. The fourth-order valence-corrected chi connectivity index (χ4v) is 1.70. The normalized spacial score (nSPS) is 19.7. The Hall–Kier alpha value is -0.630. The lowest BCUT2D eigenvalue weighted by atomic mass is 9.94. The summed E-state index contributed by atoms with van der Waals surface area (Å²) < 4.78 is 5.20. The van der Waals surface area contributed by atoms with Gasteiger partial charge in [0.15, 0.2) is 0 Å². The largest absolute Gasteiger partial charge is 0.388 e. The Bertz CT molecular complexity index is 207. The van der Waals surface area contributed by atoms with Gasteiger partial charge in [0.25, 0.3) is 0 Å². The Labute approximate surface area is 91.2 Å². The van der Waals surface area contributed by atoms with Crippen molar-refractivity contribution in [3.05, 3.63) is 0 Å². The van der Waals surface area contributed by atoms with Crippen LogP contribution >= 0.6 is 0 Å². The van der Waals surface area contributed by atoms with Crippen molar-refractivity contribution in [2.45, 2.75) is 37.7 Å². The number of nitrogens with zero attached hydrogens (tertiary/aromatic N) is 1. The molecule has 0 unspecified atom stereocenters. The number of hydrogen-bond acceptors (Lipinski definition) is 4. The van der Waals surface area contributed by atoms with E-state index in [4.69, 9.17) is 10.00 Å². The maximum Gasteiger partial charge on any atom is 0.0815 e. The van der Waals surface area contributed by atoms with Crippen LogP contribution in [0.15, 0.2) is 0 Å². The summed E-state index contributed by atoms with van der Waals surface area (Å²) in [5.41, 5.74) is -0.576. The number of unbranched alkanes of at least 4 members (excludes halogenated alkanes) is 2. The molecule has 4 nitrogen and oxygen atoms in total. The Morgan fingerprint density at radius 3 is 2.73 bits per heavy atom. The van der Waals surface area contributed by atoms with Crippen molar-refractivity contribution in [3.63, 3.8) is 0 Å². The van der Waals surface area contributed by atoms with Crippen LogP contribution in [-0.2, 0) is 4.74 Å². The lowest BCUT2D eigenvalue weighted by molar-refractivity contribution is -0.0614. The number of rotatable bonds is 6. The summed E-state index contributed by atoms with van der Waals surface area (Å²) in [6, 6.07) is 2.12. The predicted molar refractivity (Wildman–Crippen MR) is 57.3 cm³/mol. The molecular formula is C11H20N2O2. The van der Waals surface area contributed by atoms with E-state index in [9.17, 15) is 5.11 Å². The summed E-state index contributed by atoms with van der Waals surface area (Å²) in [6.45, 7) is 2.84. The summed E-state index contributed by atoms with van der Waals surface area (Å²) in [5.74, 6) is 0. The van der Waals surface area contributed by atoms with Crippen LogP contribution < -0.4 is 5.32 Å². The quantitative estimate of drug-likeness (QED) is 0.639. The molecule has 15 heavy (non-hydrogen) atoms. The molecule has 0 aromatic heterocycles. The maximum absolute atomic E-state index is 10.1. The van der Waals surface area contributed by atoms with Crippen LogP contribution in [0.1, 0.15) is 32.1 Å². The Morgan fingerprint density at radius 1 is 1.33 bits per heavy atom. The van der Waals surface area contributed by atoms with E-state index < -0.39 is 5.60 Å². The number of ether oxygens (including phenoxy) is 1. The number of nitriles is 1. The lowest BCUT2D eigenvalue weighted by Crippen LogP contribution is -2.45. The first-order chi connectivity index (χ1) is 7.27. The highest BCUT2D eigenvalue weighted by Crippen LogP contribution is 2.19. The third kappa shape index (κ3) is 5.12. The molecule has 1 saturated heterocycles. The van der Waals surface area contributed by atoms with Gasteiger partial charge in [-0.05, 0) is 19.4 Å². The topological polar surface area (TPSA) is 65.3 Å². The highest BCUT2D eigenvalue weighted by atomic mass is 16.5. The average Bonchev–Trinajstić information content (AvgIpc) is 2.24. The molecule has 1 aliphatic heterocycles. The Morgan fingerprint density at radius 2 is 2.07 bits per heavy atom. The minimum absolute atomic E-state index is 0.576. The second kappa shape index (κ2) is 6.78. The molecule has 86 valence electrons. The SMILES string of the molecule is N#CCCCCNCC1(O)CCOCC1. The molecule has 0 amide bonds. The molecule has 0 aromatic carbocycles. The fourth-order valence-electron chi connectivity index (χ4n) is 1.70. The molecule has 1 aliphatic rings. The van der Waals surface area contributed by atoms with Crippen LogP contribution in [0.25, 0.3) is 0 Å². The second-order valence-electron chi connectivity index (χ2n) is 4.13. The van der Waals surface area contributed by atoms with Crippen molar-refractivity contribution >= 4 is 0 Å². The monoisotopic (exact) mass is 212 g/mol. The molecule has 1 heterocycles. The molecule has 1 fully saturated rings. The highest BCUT2D eigenvalue weighted by Gasteiger charge is 2.28. The first kappa shape index (κ1) is 12.4. The zero-order valence-electron chi connectivity index (χ0n) is 9.17. The van der Waals surface area contributed by atoms with Gasteiger partial charge in [0.05, 0.1) is 11.7 Å². The molecule has 0 radical (unpaired) electrons. The van der Waals surface area contributed by atoms with Crippen molar-refractivity contribution in [2.75, 3.05) is 26.3 Å². The zero-order chi connectivity index (χ0) is 11.0. The molecule has 0 aromatic rings. The first-order valence-electron chi connectivity index (χ1n) is 5.65. The van der Waals surface area contributed by atoms with Gasteiger partial charge in [0, 0.05) is 39.0 Å². The van der Waals surface area contributed by atoms with Crippen LogP contribution in [0, 0.1) is 11.3 Å². The van der Waals surface area contributed by atoms with Gasteiger partial charge in [-0.3, -0.25) is 0 Å². The Kier molecular flexibility index (Phi) is 5.62. The molecular weight excluding hydrogens is 192 g/mol. The van der Waals surface area contributed by atoms with Crippen LogP contribution in [0.4, 0.5) is 0 Å². The van der Waals surface area contributed by atoms with E-state index in [0.717, 1.165) is 32.2 Å². The van der Waals surface area contributed by atoms with Gasteiger partial charge in [-0.2, -0.15) is 5.26 Å². The van der Waals surface area contributed by atoms with E-state index in [0.29, 0.717) is 26.2 Å². The van der Waals surface area contributed by atoms with Gasteiger partial charge in [-0.15, -0.1) is 0 Å². The number of nitrogens with one attached hydrogen (secondary N) is 1. The predicted octanol–water partition coefficient (Wildman–Crippen LogP) is 0.811. The maximum atomic E-state index is 10.1. The summed E-state index contributed by atoms with van der Waals surface area (Å²) in [7, 11) is 0. The van der Waals surface area contributed by atoms with E-state index in [-0.39, 0.29) is 0 Å². The van der Waals surface area contributed by atoms with Gasteiger partial charge >= 0.3 is 0 Å². The minimum Gasteiger partial charge on any atom is -0.388 e. The van der Waals surface area contributed by atoms with Gasteiger partial charge < -0.3 is 15.2 Å². The van der Waals surface area contributed by atoms with Crippen molar-refractivity contribution in [2.24, 2.45) is 0 Å². The first-order valence-corrected chi connectivity index (χ1v) is 5.65. The molecule has 2 N–H and O–H groups in total. The highest BCUT2D eigenvalue weighted by molar-refractivity contribution is 4.83. The second-order valence-corrected chi connectivity index (χ2v) is 4.13. The van der Waals surface area contributed by atoms with E-state index in [1.165, 1.54) is 0 Å². The zero-order valence-corrected chi connectivity index (χ0v) is 9.17. The average molecular weight is 212 g/mol. The number of hydrogen-bond donors (Lipinski definition) is 2. The van der Waals surface area contributed by atoms with Gasteiger partial charge in [0.1, 0.15) is 0 Å². The third-order valence-corrected chi connectivity index (χ3v) is 2.77. The van der Waals surface area contributed by atoms with Crippen molar-refractivity contribution < 1.29 is 9.84 Å². The van der Waals surface area contributed by atoms with Crippen molar-refractivity contribution in [1.29, 1.82) is 5.26 Å². The fraction of sp³-hybridized carbons (Fsp3) is 0.909. The Balaban J connectivity index is 2.01. The van der Waals surface area contributed by atoms with Crippen molar-refractivity contribution in [1.82, 2.24) is 5.32 Å². The molecule has 4 heteroatoms. The molecule has 0 saturated carbocycles. The summed E-state index contributed by atoms with van der Waals surface area (Å²) in [5, 5.41) is 21.7.